The Balaban J connectivity index is 1.79. The van der Waals surface area contributed by atoms with E-state index in [1.165, 1.54) is 45.6 Å². The standard InChI is InChI=1S/C24H39N3O4S/c1-31-24(29)22(21(18-10-5-3-6-11-18)19-12-7-4-8-13-19)26-23(28)20-14-15-25-27(20)16-9-17-32(2)30/h14-15,18-19,21-22H,3-13,16-17H2,1-2H3,(H,26,28). The molecule has 0 spiro atoms. The molecule has 1 aromatic rings. The molecule has 2 saturated carbocycles. The van der Waals surface area contributed by atoms with Crippen LogP contribution in [0.5, 0.6) is 0 Å². The zero-order chi connectivity index (χ0) is 22.9. The van der Waals surface area contributed by atoms with Gasteiger partial charge in [0.15, 0.2) is 0 Å². The Morgan fingerprint density at radius 3 is 2.25 bits per heavy atom. The van der Waals surface area contributed by atoms with Crippen molar-refractivity contribution >= 4 is 22.7 Å². The normalized spacial score (nSPS) is 20.1. The number of hydrogen-bond acceptors (Lipinski definition) is 5. The summed E-state index contributed by atoms with van der Waals surface area (Å²) in [4.78, 5) is 26.3. The highest BCUT2D eigenvalue weighted by Gasteiger charge is 2.41. The molecule has 32 heavy (non-hydrogen) atoms. The molecule has 2 aliphatic carbocycles. The zero-order valence-electron chi connectivity index (χ0n) is 19.6. The first-order valence-corrected chi connectivity index (χ1v) is 13.9. The molecule has 0 aromatic carbocycles. The zero-order valence-corrected chi connectivity index (χ0v) is 20.4. The van der Waals surface area contributed by atoms with Crippen LogP contribution in [0.4, 0.5) is 0 Å². The van der Waals surface area contributed by atoms with E-state index in [2.05, 4.69) is 10.4 Å². The maximum absolute atomic E-state index is 13.3. The van der Waals surface area contributed by atoms with Crippen molar-refractivity contribution in [1.82, 2.24) is 15.1 Å². The lowest BCUT2D eigenvalue weighted by atomic mass is 9.66. The van der Waals surface area contributed by atoms with E-state index in [1.807, 2.05) is 0 Å². The Morgan fingerprint density at radius 2 is 1.72 bits per heavy atom. The van der Waals surface area contributed by atoms with E-state index in [9.17, 15) is 13.8 Å². The summed E-state index contributed by atoms with van der Waals surface area (Å²) in [5.41, 5.74) is 0.437. The second-order valence-corrected chi connectivity index (χ2v) is 11.0. The molecule has 1 heterocycles. The van der Waals surface area contributed by atoms with Crippen LogP contribution in [0.15, 0.2) is 12.3 Å². The number of methoxy groups -OCH3 is 1. The fourth-order valence-corrected chi connectivity index (χ4v) is 6.28. The number of nitrogens with one attached hydrogen (secondary N) is 1. The first kappa shape index (κ1) is 24.9. The van der Waals surface area contributed by atoms with Crippen LogP contribution in [0.1, 0.15) is 81.1 Å². The van der Waals surface area contributed by atoms with Gasteiger partial charge in [0.2, 0.25) is 0 Å². The molecule has 8 heteroatoms. The number of hydrogen-bond donors (Lipinski definition) is 1. The van der Waals surface area contributed by atoms with Crippen molar-refractivity contribution in [3.05, 3.63) is 18.0 Å². The van der Waals surface area contributed by atoms with E-state index in [1.54, 1.807) is 23.2 Å². The lowest BCUT2D eigenvalue weighted by Gasteiger charge is -2.41. The molecule has 0 aliphatic heterocycles. The molecule has 1 N–H and O–H groups in total. The number of carbonyl (C=O) groups is 2. The number of esters is 1. The molecule has 180 valence electrons. The van der Waals surface area contributed by atoms with E-state index in [0.29, 0.717) is 36.2 Å². The Bertz CT molecular complexity index is 751. The molecule has 0 bridgehead atoms. The van der Waals surface area contributed by atoms with Crippen LogP contribution in [0.2, 0.25) is 0 Å². The van der Waals surface area contributed by atoms with Crippen LogP contribution in [-0.2, 0) is 26.9 Å². The second-order valence-electron chi connectivity index (χ2n) is 9.42. The Morgan fingerprint density at radius 1 is 1.12 bits per heavy atom. The number of carbonyl (C=O) groups excluding carboxylic acids is 2. The van der Waals surface area contributed by atoms with Gasteiger partial charge in [-0.2, -0.15) is 5.10 Å². The van der Waals surface area contributed by atoms with Crippen LogP contribution in [0.25, 0.3) is 0 Å². The highest BCUT2D eigenvalue weighted by atomic mass is 32.2. The molecule has 2 fully saturated rings. The molecule has 0 radical (unpaired) electrons. The quantitative estimate of drug-likeness (QED) is 0.532. The molecule has 2 aliphatic rings. The van der Waals surface area contributed by atoms with Gasteiger partial charge in [-0.05, 0) is 30.2 Å². The number of rotatable bonds is 10. The largest absolute Gasteiger partial charge is 0.467 e. The third kappa shape index (κ3) is 6.65. The predicted molar refractivity (Wildman–Crippen MR) is 126 cm³/mol. The average molecular weight is 466 g/mol. The third-order valence-corrected chi connectivity index (χ3v) is 8.13. The predicted octanol–water partition coefficient (Wildman–Crippen LogP) is 3.70. The molecular weight excluding hydrogens is 426 g/mol. The van der Waals surface area contributed by atoms with Crippen molar-refractivity contribution < 1.29 is 18.5 Å². The van der Waals surface area contributed by atoms with Crippen molar-refractivity contribution in [3.8, 4) is 0 Å². The lowest BCUT2D eigenvalue weighted by Crippen LogP contribution is -2.52. The summed E-state index contributed by atoms with van der Waals surface area (Å²) >= 11 is 0. The van der Waals surface area contributed by atoms with Crippen molar-refractivity contribution in [2.75, 3.05) is 19.1 Å². The summed E-state index contributed by atoms with van der Waals surface area (Å²) in [6.07, 6.45) is 15.7. The van der Waals surface area contributed by atoms with Gasteiger partial charge in [-0.1, -0.05) is 64.2 Å². The fraction of sp³-hybridized carbons (Fsp3) is 0.792. The van der Waals surface area contributed by atoms with E-state index in [4.69, 9.17) is 4.74 Å². The van der Waals surface area contributed by atoms with Crippen LogP contribution in [-0.4, -0.2) is 51.0 Å². The topological polar surface area (TPSA) is 90.3 Å². The van der Waals surface area contributed by atoms with Gasteiger partial charge in [0.05, 0.1) is 7.11 Å². The van der Waals surface area contributed by atoms with E-state index in [-0.39, 0.29) is 17.8 Å². The Hall–Kier alpha value is -1.70. The molecule has 1 aromatic heterocycles. The van der Waals surface area contributed by atoms with Gasteiger partial charge in [-0.25, -0.2) is 4.79 Å². The molecule has 2 unspecified atom stereocenters. The number of amides is 1. The number of nitrogens with zero attached hydrogens (tertiary/aromatic N) is 2. The van der Waals surface area contributed by atoms with E-state index >= 15 is 0 Å². The summed E-state index contributed by atoms with van der Waals surface area (Å²) in [6, 6.07) is 1.05. The highest BCUT2D eigenvalue weighted by molar-refractivity contribution is 7.84. The third-order valence-electron chi connectivity index (χ3n) is 7.27. The van der Waals surface area contributed by atoms with Crippen molar-refractivity contribution in [2.45, 2.75) is 83.2 Å². The van der Waals surface area contributed by atoms with Gasteiger partial charge in [-0.15, -0.1) is 0 Å². The Kier molecular flexibility index (Phi) is 9.75. The first-order chi connectivity index (χ1) is 15.5. The van der Waals surface area contributed by atoms with Crippen LogP contribution in [0, 0.1) is 17.8 Å². The van der Waals surface area contributed by atoms with Gasteiger partial charge in [0, 0.05) is 35.5 Å². The molecule has 7 nitrogen and oxygen atoms in total. The lowest BCUT2D eigenvalue weighted by molar-refractivity contribution is -0.146. The molecular formula is C24H39N3O4S. The van der Waals surface area contributed by atoms with Gasteiger partial charge in [-0.3, -0.25) is 13.7 Å². The van der Waals surface area contributed by atoms with E-state index in [0.717, 1.165) is 25.7 Å². The van der Waals surface area contributed by atoms with E-state index < -0.39 is 16.8 Å². The molecule has 3 rings (SSSR count). The minimum atomic E-state index is -0.876. The van der Waals surface area contributed by atoms with Crippen molar-refractivity contribution in [1.29, 1.82) is 0 Å². The van der Waals surface area contributed by atoms with Crippen molar-refractivity contribution in [3.63, 3.8) is 0 Å². The highest BCUT2D eigenvalue weighted by Crippen LogP contribution is 2.42. The summed E-state index contributed by atoms with van der Waals surface area (Å²) < 4.78 is 18.2. The molecule has 0 saturated heterocycles. The minimum absolute atomic E-state index is 0.117. The number of aromatic nitrogens is 2. The minimum Gasteiger partial charge on any atom is -0.467 e. The first-order valence-electron chi connectivity index (χ1n) is 12.2. The van der Waals surface area contributed by atoms with Crippen LogP contribution >= 0.6 is 0 Å². The Labute approximate surface area is 194 Å². The maximum atomic E-state index is 13.3. The monoisotopic (exact) mass is 465 g/mol. The van der Waals surface area contributed by atoms with Gasteiger partial charge < -0.3 is 10.1 Å². The van der Waals surface area contributed by atoms with Gasteiger partial charge in [0.25, 0.3) is 5.91 Å². The SMILES string of the molecule is COC(=O)C(NC(=O)c1ccnn1CCCS(C)=O)C(C1CCCCC1)C1CCCCC1. The number of ether oxygens (including phenoxy) is 1. The average Bonchev–Trinajstić information content (AvgIpc) is 3.28. The van der Waals surface area contributed by atoms with Gasteiger partial charge in [0.1, 0.15) is 11.7 Å². The van der Waals surface area contributed by atoms with Crippen LogP contribution in [0.3, 0.4) is 0 Å². The van der Waals surface area contributed by atoms with Gasteiger partial charge >= 0.3 is 5.97 Å². The fourth-order valence-electron chi connectivity index (χ4n) is 5.74. The summed E-state index contributed by atoms with van der Waals surface area (Å²) in [7, 11) is 0.536. The van der Waals surface area contributed by atoms with Crippen LogP contribution < -0.4 is 5.32 Å². The smallest absolute Gasteiger partial charge is 0.328 e. The molecule has 1 amide bonds. The summed E-state index contributed by atoms with van der Waals surface area (Å²) in [5.74, 6) is 0.947. The number of aryl methyl sites for hydroxylation is 1. The second kappa shape index (κ2) is 12.5. The summed E-state index contributed by atoms with van der Waals surface area (Å²) in [5, 5.41) is 7.34. The summed E-state index contributed by atoms with van der Waals surface area (Å²) in [6.45, 7) is 0.521. The maximum Gasteiger partial charge on any atom is 0.328 e. The van der Waals surface area contributed by atoms with Crippen molar-refractivity contribution in [2.24, 2.45) is 17.8 Å². The molecule has 2 atom stereocenters.